The van der Waals surface area contributed by atoms with Gasteiger partial charge in [0.25, 0.3) is 0 Å². The van der Waals surface area contributed by atoms with E-state index in [-0.39, 0.29) is 0 Å². The molecular formula is C23H30N4S2. The summed E-state index contributed by atoms with van der Waals surface area (Å²) in [5.74, 6) is 2.87. The molecule has 0 atom stereocenters. The first-order valence-electron chi connectivity index (χ1n) is 10.8. The Hall–Kier alpha value is -1.66. The summed E-state index contributed by atoms with van der Waals surface area (Å²) in [5.41, 5.74) is 3.59. The van der Waals surface area contributed by atoms with Crippen LogP contribution >= 0.6 is 23.1 Å². The fraction of sp³-hybridized carbons (Fsp3) is 0.522. The van der Waals surface area contributed by atoms with Crippen LogP contribution < -0.4 is 0 Å². The molecule has 0 N–H and O–H groups in total. The van der Waals surface area contributed by atoms with Crippen molar-refractivity contribution in [2.24, 2.45) is 5.92 Å². The van der Waals surface area contributed by atoms with E-state index in [1.807, 2.05) is 0 Å². The Bertz CT molecular complexity index is 907. The molecule has 1 aromatic carbocycles. The lowest BCUT2D eigenvalue weighted by Gasteiger charge is -2.21. The molecule has 0 amide bonds. The average molecular weight is 427 g/mol. The molecule has 1 aliphatic rings. The summed E-state index contributed by atoms with van der Waals surface area (Å²) in [6.45, 7) is 5.23. The molecule has 6 heteroatoms. The quantitative estimate of drug-likeness (QED) is 0.384. The number of hydrogen-bond donors (Lipinski definition) is 0. The van der Waals surface area contributed by atoms with Crippen molar-refractivity contribution in [3.05, 3.63) is 46.7 Å². The molecule has 0 bridgehead atoms. The maximum Gasteiger partial charge on any atom is 0.191 e. The van der Waals surface area contributed by atoms with Crippen LogP contribution in [0.4, 0.5) is 0 Å². The lowest BCUT2D eigenvalue weighted by molar-refractivity contribution is 0.335. The Morgan fingerprint density at radius 2 is 1.90 bits per heavy atom. The van der Waals surface area contributed by atoms with Crippen LogP contribution in [0.2, 0.25) is 0 Å². The summed E-state index contributed by atoms with van der Waals surface area (Å²) in [7, 11) is 0. The molecule has 0 spiro atoms. The Balaban J connectivity index is 1.36. The van der Waals surface area contributed by atoms with Crippen molar-refractivity contribution in [2.45, 2.75) is 76.2 Å². The summed E-state index contributed by atoms with van der Waals surface area (Å²) >= 11 is 3.47. The lowest BCUT2D eigenvalue weighted by atomic mass is 9.86. The number of aryl methyl sites for hydroxylation is 2. The predicted octanol–water partition coefficient (Wildman–Crippen LogP) is 6.54. The lowest BCUT2D eigenvalue weighted by Crippen LogP contribution is -2.10. The molecule has 2 aromatic heterocycles. The molecule has 2 heterocycles. The maximum absolute atomic E-state index is 4.83. The molecule has 1 saturated carbocycles. The van der Waals surface area contributed by atoms with E-state index >= 15 is 0 Å². The third kappa shape index (κ3) is 5.28. The number of rotatable bonds is 8. The topological polar surface area (TPSA) is 43.6 Å². The third-order valence-corrected chi connectivity index (χ3v) is 7.75. The highest BCUT2D eigenvalue weighted by atomic mass is 32.2. The summed E-state index contributed by atoms with van der Waals surface area (Å²) < 4.78 is 2.29. The van der Waals surface area contributed by atoms with E-state index < -0.39 is 0 Å². The standard InChI is InChI=1S/C23H30N4S2/c1-3-27-21(14-11-18-7-5-4-6-8-18)25-26-23(27)29-16-20-15-28-22(24-20)19-12-9-17(2)10-13-19/h9-10,12-13,15,18H,3-8,11,14,16H2,1-2H3. The van der Waals surface area contributed by atoms with E-state index in [0.29, 0.717) is 0 Å². The number of thiazole rings is 1. The highest BCUT2D eigenvalue weighted by Crippen LogP contribution is 2.30. The Morgan fingerprint density at radius 3 is 2.66 bits per heavy atom. The summed E-state index contributed by atoms with van der Waals surface area (Å²) in [6.07, 6.45) is 9.35. The maximum atomic E-state index is 4.83. The molecule has 154 valence electrons. The van der Waals surface area contributed by atoms with E-state index in [9.17, 15) is 0 Å². The molecular weight excluding hydrogens is 396 g/mol. The van der Waals surface area contributed by atoms with Gasteiger partial charge in [-0.05, 0) is 26.2 Å². The van der Waals surface area contributed by atoms with E-state index in [2.05, 4.69) is 58.3 Å². The van der Waals surface area contributed by atoms with Crippen molar-refractivity contribution in [2.75, 3.05) is 0 Å². The first-order valence-corrected chi connectivity index (χ1v) is 12.7. The molecule has 3 aromatic rings. The smallest absolute Gasteiger partial charge is 0.191 e. The molecule has 0 unspecified atom stereocenters. The first kappa shape index (κ1) is 20.6. The second-order valence-corrected chi connectivity index (χ2v) is 9.79. The monoisotopic (exact) mass is 426 g/mol. The van der Waals surface area contributed by atoms with Gasteiger partial charge in [0, 0.05) is 29.7 Å². The van der Waals surface area contributed by atoms with Gasteiger partial charge in [0.2, 0.25) is 0 Å². The van der Waals surface area contributed by atoms with Gasteiger partial charge in [-0.25, -0.2) is 4.98 Å². The van der Waals surface area contributed by atoms with Gasteiger partial charge in [0.1, 0.15) is 10.8 Å². The van der Waals surface area contributed by atoms with Crippen LogP contribution in [0.25, 0.3) is 10.6 Å². The minimum absolute atomic E-state index is 0.836. The van der Waals surface area contributed by atoms with Crippen LogP contribution in [0, 0.1) is 12.8 Å². The van der Waals surface area contributed by atoms with Crippen molar-refractivity contribution in [3.8, 4) is 10.6 Å². The van der Waals surface area contributed by atoms with Crippen molar-refractivity contribution in [1.82, 2.24) is 19.7 Å². The molecule has 29 heavy (non-hydrogen) atoms. The van der Waals surface area contributed by atoms with Gasteiger partial charge in [-0.15, -0.1) is 21.5 Å². The SMILES string of the molecule is CCn1c(CCC2CCCCC2)nnc1SCc1csc(-c2ccc(C)cc2)n1. The van der Waals surface area contributed by atoms with Gasteiger partial charge in [-0.2, -0.15) is 0 Å². The van der Waals surface area contributed by atoms with E-state index in [1.165, 1.54) is 49.7 Å². The Kier molecular flexibility index (Phi) is 7.03. The summed E-state index contributed by atoms with van der Waals surface area (Å²) in [6, 6.07) is 8.59. The predicted molar refractivity (Wildman–Crippen MR) is 122 cm³/mol. The van der Waals surface area contributed by atoms with Crippen LogP contribution in [0.15, 0.2) is 34.8 Å². The van der Waals surface area contributed by atoms with Crippen LogP contribution in [0.5, 0.6) is 0 Å². The largest absolute Gasteiger partial charge is 0.306 e. The van der Waals surface area contributed by atoms with Crippen molar-refractivity contribution >= 4 is 23.1 Å². The molecule has 1 fully saturated rings. The van der Waals surface area contributed by atoms with Crippen molar-refractivity contribution < 1.29 is 0 Å². The minimum Gasteiger partial charge on any atom is -0.306 e. The van der Waals surface area contributed by atoms with Gasteiger partial charge < -0.3 is 4.57 Å². The molecule has 4 rings (SSSR count). The van der Waals surface area contributed by atoms with Crippen molar-refractivity contribution in [1.29, 1.82) is 0 Å². The average Bonchev–Trinajstić information content (AvgIpc) is 3.38. The van der Waals surface area contributed by atoms with E-state index in [1.54, 1.807) is 23.1 Å². The van der Waals surface area contributed by atoms with Gasteiger partial charge in [0.05, 0.1) is 5.69 Å². The third-order valence-electron chi connectivity index (χ3n) is 5.81. The number of thioether (sulfide) groups is 1. The Labute approximate surface area is 182 Å². The number of nitrogens with zero attached hydrogens (tertiary/aromatic N) is 4. The van der Waals surface area contributed by atoms with E-state index in [0.717, 1.165) is 46.3 Å². The van der Waals surface area contributed by atoms with Gasteiger partial charge in [-0.3, -0.25) is 0 Å². The minimum atomic E-state index is 0.836. The fourth-order valence-corrected chi connectivity index (χ4v) is 5.92. The van der Waals surface area contributed by atoms with Crippen LogP contribution in [0.1, 0.15) is 62.5 Å². The number of aromatic nitrogens is 4. The van der Waals surface area contributed by atoms with Crippen molar-refractivity contribution in [3.63, 3.8) is 0 Å². The number of hydrogen-bond acceptors (Lipinski definition) is 5. The zero-order chi connectivity index (χ0) is 20.1. The Morgan fingerprint density at radius 1 is 1.10 bits per heavy atom. The second kappa shape index (κ2) is 9.90. The van der Waals surface area contributed by atoms with Gasteiger partial charge >= 0.3 is 0 Å². The first-order chi connectivity index (χ1) is 14.2. The molecule has 0 aliphatic heterocycles. The van der Waals surface area contributed by atoms with E-state index in [4.69, 9.17) is 4.98 Å². The normalized spacial score (nSPS) is 15.1. The number of benzene rings is 1. The molecule has 1 aliphatic carbocycles. The summed E-state index contributed by atoms with van der Waals surface area (Å²) in [4.78, 5) is 4.83. The van der Waals surface area contributed by atoms with Gasteiger partial charge in [0.15, 0.2) is 5.16 Å². The second-order valence-electron chi connectivity index (χ2n) is 7.98. The van der Waals surface area contributed by atoms with Crippen LogP contribution in [-0.2, 0) is 18.7 Å². The molecule has 0 saturated heterocycles. The summed E-state index contributed by atoms with van der Waals surface area (Å²) in [5, 5.41) is 13.3. The zero-order valence-corrected chi connectivity index (χ0v) is 19.1. The van der Waals surface area contributed by atoms with Gasteiger partial charge in [-0.1, -0.05) is 73.7 Å². The zero-order valence-electron chi connectivity index (χ0n) is 17.4. The van der Waals surface area contributed by atoms with Crippen LogP contribution in [-0.4, -0.2) is 19.7 Å². The highest BCUT2D eigenvalue weighted by molar-refractivity contribution is 7.98. The fourth-order valence-electron chi connectivity index (χ4n) is 4.08. The molecule has 4 nitrogen and oxygen atoms in total. The molecule has 0 radical (unpaired) electrons. The highest BCUT2D eigenvalue weighted by Gasteiger charge is 2.17. The van der Waals surface area contributed by atoms with Crippen LogP contribution in [0.3, 0.4) is 0 Å².